The van der Waals surface area contributed by atoms with Gasteiger partial charge in [-0.2, -0.15) is 0 Å². The average molecular weight is 1170 g/mol. The number of hydrogen-bond acceptors (Lipinski definition) is 8. The molecule has 0 heterocycles. The molecule has 2 unspecified atom stereocenters. The molecule has 85 heavy (non-hydrogen) atoms. The lowest BCUT2D eigenvalue weighted by Crippen LogP contribution is -2.44. The Bertz CT molecular complexity index is 2050. The summed E-state index contributed by atoms with van der Waals surface area (Å²) in [5.41, 5.74) is 0. The van der Waals surface area contributed by atoms with Crippen LogP contribution in [0.1, 0.15) is 219 Å². The molecule has 0 aromatic carbocycles. The molecule has 0 fully saturated rings. The largest absolute Gasteiger partial charge is 0.545 e. The van der Waals surface area contributed by atoms with Crippen molar-refractivity contribution in [3.8, 4) is 0 Å². The molecular formula is C76H119NO8. The van der Waals surface area contributed by atoms with Crippen molar-refractivity contribution < 1.29 is 42.9 Å². The van der Waals surface area contributed by atoms with Crippen molar-refractivity contribution in [1.82, 2.24) is 0 Å². The Hall–Kier alpha value is -5.61. The van der Waals surface area contributed by atoms with E-state index < -0.39 is 24.3 Å². The molecule has 0 aromatic heterocycles. The highest BCUT2D eigenvalue weighted by molar-refractivity contribution is 5.70. The minimum absolute atomic E-state index is 0.130. The molecule has 476 valence electrons. The van der Waals surface area contributed by atoms with Crippen LogP contribution < -0.4 is 5.11 Å². The van der Waals surface area contributed by atoms with Crippen molar-refractivity contribution in [3.63, 3.8) is 0 Å². The van der Waals surface area contributed by atoms with E-state index in [4.69, 9.17) is 18.9 Å². The standard InChI is InChI=1S/C76H119NO8/c1-6-8-10-12-14-16-18-20-22-24-26-28-30-32-34-36-37-39-40-42-44-46-48-50-52-54-56-58-60-62-64-66-73(78)83-70-72(71-84-76(75(80)81)82-69-68-77(3,4)5)85-74(79)67-65-63-61-59-57-55-53-51-49-47-45-43-41-38-35-33-31-29-27-25-23-21-19-17-15-13-11-9-7-2/h8-11,14-17,20-23,26-29,32-35,37,39,41-44,47,49,53,55,72,76H,6-7,12-13,18-19,24-25,30-31,36,38,40,45-46,48,50-52,54,56-71H2,1-5H3/b10-8-,11-9-,16-14-,17-15-,22-20-,23-21-,28-26-,29-27-,34-32-,35-33-,39-37-,43-41-,44-42-,49-47-,55-53-. The maximum Gasteiger partial charge on any atom is 0.306 e. The van der Waals surface area contributed by atoms with Crippen molar-refractivity contribution in [2.75, 3.05) is 47.5 Å². The Morgan fingerprint density at radius 3 is 0.941 bits per heavy atom. The van der Waals surface area contributed by atoms with Crippen LogP contribution in [0.2, 0.25) is 0 Å². The molecule has 0 bridgehead atoms. The fraction of sp³-hybridized carbons (Fsp3) is 0.566. The number of allylic oxidation sites excluding steroid dienone is 30. The number of nitrogens with zero attached hydrogens (tertiary/aromatic N) is 1. The van der Waals surface area contributed by atoms with E-state index >= 15 is 0 Å². The highest BCUT2D eigenvalue weighted by Gasteiger charge is 2.22. The lowest BCUT2D eigenvalue weighted by molar-refractivity contribution is -0.870. The first kappa shape index (κ1) is 79.4. The van der Waals surface area contributed by atoms with Crippen LogP contribution in [0.3, 0.4) is 0 Å². The number of ether oxygens (including phenoxy) is 4. The monoisotopic (exact) mass is 1170 g/mol. The molecule has 0 saturated heterocycles. The van der Waals surface area contributed by atoms with Gasteiger partial charge in [-0.15, -0.1) is 0 Å². The Labute approximate surface area is 519 Å². The fourth-order valence-corrected chi connectivity index (χ4v) is 8.18. The number of aliphatic carboxylic acids is 1. The molecular weight excluding hydrogens is 1050 g/mol. The second-order valence-electron chi connectivity index (χ2n) is 22.3. The lowest BCUT2D eigenvalue weighted by Gasteiger charge is -2.26. The van der Waals surface area contributed by atoms with E-state index in [1.54, 1.807) is 0 Å². The first-order chi connectivity index (χ1) is 41.6. The van der Waals surface area contributed by atoms with Crippen LogP contribution in [0.25, 0.3) is 0 Å². The minimum atomic E-state index is -1.64. The zero-order chi connectivity index (χ0) is 61.9. The number of likely N-dealkylation sites (N-methyl/N-ethyl adjacent to an activating group) is 1. The molecule has 0 aliphatic rings. The van der Waals surface area contributed by atoms with Crippen LogP contribution in [0, 0.1) is 0 Å². The third-order valence-electron chi connectivity index (χ3n) is 13.1. The van der Waals surface area contributed by atoms with Crippen LogP contribution in [-0.4, -0.2) is 82.3 Å². The van der Waals surface area contributed by atoms with Crippen molar-refractivity contribution in [1.29, 1.82) is 0 Å². The second-order valence-corrected chi connectivity index (χ2v) is 22.3. The van der Waals surface area contributed by atoms with E-state index in [0.29, 0.717) is 17.4 Å². The van der Waals surface area contributed by atoms with E-state index in [9.17, 15) is 19.5 Å². The molecule has 0 aliphatic carbocycles. The van der Waals surface area contributed by atoms with Crippen LogP contribution >= 0.6 is 0 Å². The Morgan fingerprint density at radius 2 is 0.635 bits per heavy atom. The predicted octanol–water partition coefficient (Wildman–Crippen LogP) is 19.1. The Balaban J connectivity index is 4.31. The number of rotatable bonds is 58. The van der Waals surface area contributed by atoms with Gasteiger partial charge in [0.2, 0.25) is 0 Å². The number of carbonyl (C=O) groups is 3. The zero-order valence-electron chi connectivity index (χ0n) is 54.1. The van der Waals surface area contributed by atoms with Gasteiger partial charge < -0.3 is 33.3 Å². The second kappa shape index (κ2) is 64.4. The Kier molecular flexibility index (Phi) is 60.1. The third-order valence-corrected chi connectivity index (χ3v) is 13.1. The molecule has 0 aliphatic heterocycles. The number of carbonyl (C=O) groups excluding carboxylic acids is 3. The number of quaternary nitrogens is 1. The molecule has 0 rings (SSSR count). The van der Waals surface area contributed by atoms with Gasteiger partial charge in [-0.3, -0.25) is 9.59 Å². The van der Waals surface area contributed by atoms with Crippen molar-refractivity contribution >= 4 is 17.9 Å². The first-order valence-corrected chi connectivity index (χ1v) is 32.9. The summed E-state index contributed by atoms with van der Waals surface area (Å²) in [5.74, 6) is -2.35. The summed E-state index contributed by atoms with van der Waals surface area (Å²) in [5, 5.41) is 11.8. The third kappa shape index (κ3) is 65.8. The van der Waals surface area contributed by atoms with E-state index in [2.05, 4.69) is 196 Å². The zero-order valence-corrected chi connectivity index (χ0v) is 54.1. The fourth-order valence-electron chi connectivity index (χ4n) is 8.18. The van der Waals surface area contributed by atoms with Gasteiger partial charge in [-0.05, 0) is 135 Å². The van der Waals surface area contributed by atoms with Gasteiger partial charge in [0.15, 0.2) is 12.4 Å². The van der Waals surface area contributed by atoms with Crippen molar-refractivity contribution in [3.05, 3.63) is 182 Å². The highest BCUT2D eigenvalue weighted by Crippen LogP contribution is 2.14. The van der Waals surface area contributed by atoms with Crippen LogP contribution in [0.5, 0.6) is 0 Å². The maximum absolute atomic E-state index is 12.9. The summed E-state index contributed by atoms with van der Waals surface area (Å²) in [6, 6.07) is 0. The topological polar surface area (TPSA) is 111 Å². The first-order valence-electron chi connectivity index (χ1n) is 32.9. The molecule has 9 heteroatoms. The molecule has 0 radical (unpaired) electrons. The van der Waals surface area contributed by atoms with Crippen LogP contribution in [-0.2, 0) is 33.3 Å². The molecule has 0 saturated carbocycles. The van der Waals surface area contributed by atoms with E-state index in [0.717, 1.165) is 154 Å². The van der Waals surface area contributed by atoms with Gasteiger partial charge >= 0.3 is 11.9 Å². The number of unbranched alkanes of at least 4 members (excludes halogenated alkanes) is 13. The summed E-state index contributed by atoms with van der Waals surface area (Å²) in [6.07, 6.45) is 95.2. The number of carboxylic acids is 1. The van der Waals surface area contributed by atoms with Crippen LogP contribution in [0.15, 0.2) is 182 Å². The quantitative estimate of drug-likeness (QED) is 0.0195. The van der Waals surface area contributed by atoms with Gasteiger partial charge in [-0.25, -0.2) is 0 Å². The summed E-state index contributed by atoms with van der Waals surface area (Å²) in [4.78, 5) is 37.4. The SMILES string of the molecule is CC/C=C\C/C=C\C/C=C\C/C=C\C/C=C\C/C=C\C/C=C\C/C=C\CCCCCCC(=O)OC(COC(=O)CCCCCCCCCCC/C=C\C/C=C\C/C=C\C/C=C\C/C=C\C/C=C\C/C=C\CC)COC(OCC[N+](C)(C)C)C(=O)[O-]. The van der Waals surface area contributed by atoms with Crippen LogP contribution in [0.4, 0.5) is 0 Å². The molecule has 0 aromatic rings. The summed E-state index contributed by atoms with van der Waals surface area (Å²) in [6.45, 7) is 4.45. The van der Waals surface area contributed by atoms with Gasteiger partial charge in [0.1, 0.15) is 13.2 Å². The van der Waals surface area contributed by atoms with Gasteiger partial charge in [0.25, 0.3) is 0 Å². The average Bonchev–Trinajstić information content (AvgIpc) is 3.48. The highest BCUT2D eigenvalue weighted by atomic mass is 16.7. The molecule has 0 spiro atoms. The Morgan fingerprint density at radius 1 is 0.353 bits per heavy atom. The van der Waals surface area contributed by atoms with E-state index in [1.165, 1.54) is 32.1 Å². The van der Waals surface area contributed by atoms with Gasteiger partial charge in [0.05, 0.1) is 40.3 Å². The minimum Gasteiger partial charge on any atom is -0.545 e. The molecule has 0 N–H and O–H groups in total. The maximum atomic E-state index is 12.9. The van der Waals surface area contributed by atoms with Crippen molar-refractivity contribution in [2.24, 2.45) is 0 Å². The van der Waals surface area contributed by atoms with Gasteiger partial charge in [0, 0.05) is 12.8 Å². The summed E-state index contributed by atoms with van der Waals surface area (Å²) >= 11 is 0. The smallest absolute Gasteiger partial charge is 0.306 e. The van der Waals surface area contributed by atoms with Gasteiger partial charge in [-0.1, -0.05) is 254 Å². The predicted molar refractivity (Wildman–Crippen MR) is 361 cm³/mol. The number of esters is 2. The van der Waals surface area contributed by atoms with E-state index in [1.807, 2.05) is 21.1 Å². The lowest BCUT2D eigenvalue weighted by atomic mass is 10.1. The molecule has 2 atom stereocenters. The normalized spacial score (nSPS) is 13.9. The molecule has 0 amide bonds. The summed E-state index contributed by atoms with van der Waals surface area (Å²) in [7, 11) is 5.90. The molecule has 9 nitrogen and oxygen atoms in total. The van der Waals surface area contributed by atoms with Crippen molar-refractivity contribution in [2.45, 2.75) is 232 Å². The number of carboxylic acid groups (broad SMARTS) is 1. The van der Waals surface area contributed by atoms with E-state index in [-0.39, 0.29) is 38.6 Å². The number of hydrogen-bond donors (Lipinski definition) is 0. The summed E-state index contributed by atoms with van der Waals surface area (Å²) < 4.78 is 22.7.